The van der Waals surface area contributed by atoms with Crippen LogP contribution >= 0.6 is 0 Å². The summed E-state index contributed by atoms with van der Waals surface area (Å²) in [6, 6.07) is 12.5. The zero-order chi connectivity index (χ0) is 32.6. The SMILES string of the molecule is CCC(=O)Nc1ccccc1Nc1ncc2c(n1)N(CCCN1CCN(C(=O)CC)CC1)C(=O)N(c1cc(OC)cc(OC)c1)C2. The molecule has 0 bridgehead atoms. The molecule has 1 aromatic heterocycles. The van der Waals surface area contributed by atoms with Gasteiger partial charge in [0.1, 0.15) is 17.3 Å². The predicted octanol–water partition coefficient (Wildman–Crippen LogP) is 4.48. The lowest BCUT2D eigenvalue weighted by molar-refractivity contribution is -0.132. The highest BCUT2D eigenvalue weighted by Crippen LogP contribution is 2.35. The van der Waals surface area contributed by atoms with Gasteiger partial charge < -0.3 is 25.0 Å². The number of amides is 4. The Morgan fingerprint density at radius 3 is 2.26 bits per heavy atom. The lowest BCUT2D eigenvalue weighted by Crippen LogP contribution is -2.50. The summed E-state index contributed by atoms with van der Waals surface area (Å²) in [6.45, 7) is 8.18. The second kappa shape index (κ2) is 14.9. The van der Waals surface area contributed by atoms with Gasteiger partial charge in [0, 0.05) is 75.5 Å². The molecule has 2 aliphatic rings. The molecule has 3 heterocycles. The van der Waals surface area contributed by atoms with Gasteiger partial charge in [0.15, 0.2) is 0 Å². The van der Waals surface area contributed by atoms with E-state index in [0.717, 1.165) is 25.2 Å². The lowest BCUT2D eigenvalue weighted by Gasteiger charge is -2.37. The van der Waals surface area contributed by atoms with Crippen molar-refractivity contribution in [3.63, 3.8) is 0 Å². The van der Waals surface area contributed by atoms with Gasteiger partial charge in [-0.3, -0.25) is 24.3 Å². The molecule has 2 N–H and O–H groups in total. The third-order valence-corrected chi connectivity index (χ3v) is 8.19. The van der Waals surface area contributed by atoms with E-state index in [4.69, 9.17) is 14.5 Å². The molecule has 1 saturated heterocycles. The van der Waals surface area contributed by atoms with Gasteiger partial charge in [-0.15, -0.1) is 0 Å². The van der Waals surface area contributed by atoms with Gasteiger partial charge in [-0.05, 0) is 25.1 Å². The summed E-state index contributed by atoms with van der Waals surface area (Å²) in [7, 11) is 3.15. The quantitative estimate of drug-likeness (QED) is 0.297. The number of fused-ring (bicyclic) bond motifs is 1. The van der Waals surface area contributed by atoms with E-state index in [-0.39, 0.29) is 24.4 Å². The number of piperazine rings is 1. The molecule has 244 valence electrons. The fraction of sp³-hybridized carbons (Fsp3) is 0.424. The number of methoxy groups -OCH3 is 2. The van der Waals surface area contributed by atoms with Crippen LogP contribution in [0.3, 0.4) is 0 Å². The van der Waals surface area contributed by atoms with Crippen molar-refractivity contribution in [2.45, 2.75) is 39.7 Å². The molecule has 1 fully saturated rings. The third kappa shape index (κ3) is 7.48. The van der Waals surface area contributed by atoms with Crippen molar-refractivity contribution in [3.8, 4) is 11.5 Å². The normalized spacial score (nSPS) is 15.0. The molecule has 3 aromatic rings. The largest absolute Gasteiger partial charge is 0.497 e. The highest BCUT2D eigenvalue weighted by atomic mass is 16.5. The van der Waals surface area contributed by atoms with E-state index in [2.05, 4.69) is 20.5 Å². The van der Waals surface area contributed by atoms with E-state index in [1.807, 2.05) is 36.1 Å². The number of carbonyl (C=O) groups excluding carboxylic acids is 3. The highest BCUT2D eigenvalue weighted by Gasteiger charge is 2.34. The number of ether oxygens (including phenoxy) is 2. The third-order valence-electron chi connectivity index (χ3n) is 8.19. The van der Waals surface area contributed by atoms with E-state index in [9.17, 15) is 14.4 Å². The Morgan fingerprint density at radius 1 is 0.913 bits per heavy atom. The van der Waals surface area contributed by atoms with Crippen LogP contribution in [-0.4, -0.2) is 91.1 Å². The lowest BCUT2D eigenvalue weighted by atomic mass is 10.1. The van der Waals surface area contributed by atoms with Gasteiger partial charge in [0.2, 0.25) is 17.8 Å². The van der Waals surface area contributed by atoms with Gasteiger partial charge >= 0.3 is 6.03 Å². The highest BCUT2D eigenvalue weighted by molar-refractivity contribution is 6.05. The van der Waals surface area contributed by atoms with Crippen molar-refractivity contribution in [3.05, 3.63) is 54.2 Å². The molecule has 0 unspecified atom stereocenters. The maximum Gasteiger partial charge on any atom is 0.330 e. The fourth-order valence-electron chi connectivity index (χ4n) is 5.59. The van der Waals surface area contributed by atoms with Crippen LogP contribution in [-0.2, 0) is 16.1 Å². The number of anilines is 5. The number of urea groups is 1. The van der Waals surface area contributed by atoms with Gasteiger partial charge in [-0.1, -0.05) is 26.0 Å². The summed E-state index contributed by atoms with van der Waals surface area (Å²) >= 11 is 0. The van der Waals surface area contributed by atoms with Crippen LogP contribution in [0, 0.1) is 0 Å². The molecule has 0 atom stereocenters. The van der Waals surface area contributed by atoms with Crippen LogP contribution in [0.5, 0.6) is 11.5 Å². The standard InChI is InChI=1S/C33H42N8O5/c1-5-29(42)35-27-10-7-8-11-28(27)36-32-34-21-23-22-41(24-18-25(45-3)20-26(19-24)46-4)33(44)40(31(23)37-32)13-9-12-38-14-16-39(17-15-38)30(43)6-2/h7-8,10-11,18-21H,5-6,9,12-17,22H2,1-4H3,(H,35,42)(H,34,36,37). The first-order valence-corrected chi connectivity index (χ1v) is 15.7. The van der Waals surface area contributed by atoms with Crippen LogP contribution in [0.1, 0.15) is 38.7 Å². The second-order valence-electron chi connectivity index (χ2n) is 11.1. The Hall–Kier alpha value is -4.91. The number of para-hydroxylation sites is 2. The average Bonchev–Trinajstić information content (AvgIpc) is 3.09. The number of nitrogens with zero attached hydrogens (tertiary/aromatic N) is 6. The summed E-state index contributed by atoms with van der Waals surface area (Å²) in [4.78, 5) is 55.4. The molecule has 2 aliphatic heterocycles. The molecular formula is C33H42N8O5. The van der Waals surface area contributed by atoms with Gasteiger partial charge in [0.25, 0.3) is 0 Å². The molecule has 13 nitrogen and oxygen atoms in total. The van der Waals surface area contributed by atoms with E-state index >= 15 is 0 Å². The molecular weight excluding hydrogens is 588 g/mol. The minimum atomic E-state index is -0.221. The number of carbonyl (C=O) groups is 3. The zero-order valence-electron chi connectivity index (χ0n) is 26.9. The van der Waals surface area contributed by atoms with Crippen LogP contribution in [0.2, 0.25) is 0 Å². The molecule has 0 radical (unpaired) electrons. The smallest absolute Gasteiger partial charge is 0.330 e. The summed E-state index contributed by atoms with van der Waals surface area (Å²) in [5.74, 6) is 2.06. The summed E-state index contributed by atoms with van der Waals surface area (Å²) in [6.07, 6.45) is 3.30. The number of hydrogen-bond donors (Lipinski definition) is 2. The van der Waals surface area contributed by atoms with Crippen molar-refractivity contribution in [1.82, 2.24) is 19.8 Å². The topological polar surface area (TPSA) is 132 Å². The average molecular weight is 631 g/mol. The minimum absolute atomic E-state index is 0.106. The van der Waals surface area contributed by atoms with E-state index in [0.29, 0.717) is 79.2 Å². The van der Waals surface area contributed by atoms with Crippen LogP contribution in [0.15, 0.2) is 48.7 Å². The van der Waals surface area contributed by atoms with Gasteiger partial charge in [-0.25, -0.2) is 9.78 Å². The van der Waals surface area contributed by atoms with Crippen molar-refractivity contribution >= 4 is 46.7 Å². The van der Waals surface area contributed by atoms with E-state index in [1.165, 1.54) is 0 Å². The van der Waals surface area contributed by atoms with Crippen molar-refractivity contribution in [2.24, 2.45) is 0 Å². The molecule has 2 aromatic carbocycles. The predicted molar refractivity (Wildman–Crippen MR) is 177 cm³/mol. The number of aromatic nitrogens is 2. The van der Waals surface area contributed by atoms with Crippen LogP contribution < -0.4 is 29.9 Å². The van der Waals surface area contributed by atoms with Crippen molar-refractivity contribution in [2.75, 3.05) is 73.9 Å². The molecule has 46 heavy (non-hydrogen) atoms. The Morgan fingerprint density at radius 2 is 1.61 bits per heavy atom. The van der Waals surface area contributed by atoms with E-state index < -0.39 is 0 Å². The van der Waals surface area contributed by atoms with Crippen molar-refractivity contribution < 1.29 is 23.9 Å². The molecule has 4 amide bonds. The molecule has 5 rings (SSSR count). The maximum absolute atomic E-state index is 14.2. The number of benzene rings is 2. The van der Waals surface area contributed by atoms with E-state index in [1.54, 1.807) is 55.3 Å². The maximum atomic E-state index is 14.2. The van der Waals surface area contributed by atoms with Crippen molar-refractivity contribution in [1.29, 1.82) is 0 Å². The molecule has 0 saturated carbocycles. The number of rotatable bonds is 12. The van der Waals surface area contributed by atoms with Gasteiger partial charge in [-0.2, -0.15) is 4.98 Å². The Balaban J connectivity index is 1.39. The number of nitrogens with one attached hydrogen (secondary N) is 2. The zero-order valence-corrected chi connectivity index (χ0v) is 26.9. The minimum Gasteiger partial charge on any atom is -0.497 e. The van der Waals surface area contributed by atoms with Gasteiger partial charge in [0.05, 0.1) is 37.8 Å². The Bertz CT molecular complexity index is 1540. The fourth-order valence-corrected chi connectivity index (χ4v) is 5.59. The Labute approximate surface area is 269 Å². The van der Waals surface area contributed by atoms with Crippen LogP contribution in [0.4, 0.5) is 33.6 Å². The summed E-state index contributed by atoms with van der Waals surface area (Å²) in [5.41, 5.74) is 2.67. The van der Waals surface area contributed by atoms with Crippen LogP contribution in [0.25, 0.3) is 0 Å². The first-order valence-electron chi connectivity index (χ1n) is 15.7. The molecule has 13 heteroatoms. The first-order chi connectivity index (χ1) is 22.3. The molecule has 0 spiro atoms. The Kier molecular flexibility index (Phi) is 10.5. The summed E-state index contributed by atoms with van der Waals surface area (Å²) in [5, 5.41) is 6.12. The molecule has 0 aliphatic carbocycles. The number of hydrogen-bond acceptors (Lipinski definition) is 9. The first kappa shape index (κ1) is 32.5. The monoisotopic (exact) mass is 630 g/mol. The summed E-state index contributed by atoms with van der Waals surface area (Å²) < 4.78 is 10.9. The second-order valence-corrected chi connectivity index (χ2v) is 11.1.